The number of hydrogen-bond acceptors (Lipinski definition) is 4. The number of benzene rings is 1. The molecule has 2 heterocycles. The third-order valence-electron chi connectivity index (χ3n) is 5.03. The molecule has 1 saturated heterocycles. The van der Waals surface area contributed by atoms with E-state index in [2.05, 4.69) is 12.0 Å². The van der Waals surface area contributed by atoms with Gasteiger partial charge in [-0.25, -0.2) is 4.68 Å². The molecule has 25 heavy (non-hydrogen) atoms. The first-order valence-corrected chi connectivity index (χ1v) is 8.57. The summed E-state index contributed by atoms with van der Waals surface area (Å²) in [6, 6.07) is 7.65. The number of carbonyl (C=O) groups is 1. The molecule has 0 aliphatic carbocycles. The molecule has 1 aromatic heterocycles. The molecule has 6 nitrogen and oxygen atoms in total. The van der Waals surface area contributed by atoms with Crippen LogP contribution in [-0.4, -0.2) is 54.0 Å². The second-order valence-electron chi connectivity index (χ2n) is 6.52. The van der Waals surface area contributed by atoms with Crippen molar-refractivity contribution in [1.82, 2.24) is 14.7 Å². The van der Waals surface area contributed by atoms with E-state index in [1.54, 1.807) is 25.1 Å². The van der Waals surface area contributed by atoms with E-state index in [0.29, 0.717) is 18.0 Å². The van der Waals surface area contributed by atoms with Gasteiger partial charge in [0, 0.05) is 20.2 Å². The van der Waals surface area contributed by atoms with Crippen LogP contribution >= 0.6 is 0 Å². The lowest BCUT2D eigenvalue weighted by atomic mass is 9.95. The van der Waals surface area contributed by atoms with Gasteiger partial charge in [-0.2, -0.15) is 5.10 Å². The van der Waals surface area contributed by atoms with Crippen LogP contribution in [0.15, 0.2) is 30.5 Å². The minimum atomic E-state index is 0.00704. The molecule has 1 amide bonds. The predicted octanol–water partition coefficient (Wildman–Crippen LogP) is 2.69. The first-order valence-electron chi connectivity index (χ1n) is 8.57. The highest BCUT2D eigenvalue weighted by atomic mass is 16.5. The Balaban J connectivity index is 1.87. The summed E-state index contributed by atoms with van der Waals surface area (Å²) >= 11 is 0. The van der Waals surface area contributed by atoms with Crippen molar-refractivity contribution in [2.24, 2.45) is 5.92 Å². The lowest BCUT2D eigenvalue weighted by molar-refractivity contribution is -0.00159. The standard InChI is InChI=1S/C19H25N3O3/c1-13-9-10-21(12-18(13)25-4)19(23)15-11-20-22(14(15)2)16-7-5-6-8-17(16)24-3/h5-8,11,13,18H,9-10,12H2,1-4H3/t13-,18-/m0/s1. The minimum absolute atomic E-state index is 0.00704. The Hall–Kier alpha value is -2.34. The van der Waals surface area contributed by atoms with Crippen molar-refractivity contribution in [2.75, 3.05) is 27.3 Å². The van der Waals surface area contributed by atoms with Crippen LogP contribution in [0.5, 0.6) is 5.75 Å². The fourth-order valence-electron chi connectivity index (χ4n) is 3.36. The zero-order valence-electron chi connectivity index (χ0n) is 15.2. The van der Waals surface area contributed by atoms with Gasteiger partial charge in [-0.15, -0.1) is 0 Å². The molecule has 134 valence electrons. The zero-order chi connectivity index (χ0) is 18.0. The van der Waals surface area contributed by atoms with Gasteiger partial charge in [0.05, 0.1) is 30.7 Å². The molecular weight excluding hydrogens is 318 g/mol. The van der Waals surface area contributed by atoms with Crippen molar-refractivity contribution >= 4 is 5.91 Å². The van der Waals surface area contributed by atoms with Crippen LogP contribution in [0.2, 0.25) is 0 Å². The number of nitrogens with zero attached hydrogens (tertiary/aromatic N) is 3. The summed E-state index contributed by atoms with van der Waals surface area (Å²) in [5.41, 5.74) is 2.25. The molecule has 1 aromatic carbocycles. The monoisotopic (exact) mass is 343 g/mol. The first kappa shape index (κ1) is 17.5. The number of para-hydroxylation sites is 2. The summed E-state index contributed by atoms with van der Waals surface area (Å²) < 4.78 is 12.7. The number of carbonyl (C=O) groups excluding carboxylic acids is 1. The molecule has 0 N–H and O–H groups in total. The number of likely N-dealkylation sites (tertiary alicyclic amines) is 1. The van der Waals surface area contributed by atoms with E-state index in [4.69, 9.17) is 9.47 Å². The molecule has 0 radical (unpaired) electrons. The van der Waals surface area contributed by atoms with E-state index in [1.165, 1.54) is 0 Å². The van der Waals surface area contributed by atoms with Gasteiger partial charge in [0.2, 0.25) is 0 Å². The number of amides is 1. The smallest absolute Gasteiger partial charge is 0.257 e. The van der Waals surface area contributed by atoms with Crippen LogP contribution in [-0.2, 0) is 4.74 Å². The molecule has 1 fully saturated rings. The molecule has 2 aromatic rings. The van der Waals surface area contributed by atoms with Crippen molar-refractivity contribution in [1.29, 1.82) is 0 Å². The Morgan fingerprint density at radius 2 is 2.04 bits per heavy atom. The van der Waals surface area contributed by atoms with Crippen LogP contribution in [0.25, 0.3) is 5.69 Å². The van der Waals surface area contributed by atoms with Gasteiger partial charge in [-0.3, -0.25) is 4.79 Å². The highest BCUT2D eigenvalue weighted by Crippen LogP contribution is 2.26. The van der Waals surface area contributed by atoms with Gasteiger partial charge < -0.3 is 14.4 Å². The van der Waals surface area contributed by atoms with Crippen LogP contribution in [0.3, 0.4) is 0 Å². The van der Waals surface area contributed by atoms with E-state index in [0.717, 1.165) is 30.1 Å². The fraction of sp³-hybridized carbons (Fsp3) is 0.474. The van der Waals surface area contributed by atoms with Gasteiger partial charge in [-0.1, -0.05) is 19.1 Å². The third kappa shape index (κ3) is 3.26. The quantitative estimate of drug-likeness (QED) is 0.856. The van der Waals surface area contributed by atoms with E-state index in [-0.39, 0.29) is 12.0 Å². The lowest BCUT2D eigenvalue weighted by Gasteiger charge is -2.36. The Morgan fingerprint density at radius 3 is 2.76 bits per heavy atom. The van der Waals surface area contributed by atoms with E-state index >= 15 is 0 Å². The van der Waals surface area contributed by atoms with Crippen molar-refractivity contribution in [2.45, 2.75) is 26.4 Å². The predicted molar refractivity (Wildman–Crippen MR) is 95.3 cm³/mol. The van der Waals surface area contributed by atoms with Gasteiger partial charge in [0.1, 0.15) is 11.4 Å². The molecule has 2 atom stereocenters. The minimum Gasteiger partial charge on any atom is -0.494 e. The number of piperidine rings is 1. The van der Waals surface area contributed by atoms with Gasteiger partial charge in [0.15, 0.2) is 0 Å². The summed E-state index contributed by atoms with van der Waals surface area (Å²) in [4.78, 5) is 14.8. The van der Waals surface area contributed by atoms with Crippen LogP contribution in [0, 0.1) is 12.8 Å². The maximum atomic E-state index is 13.0. The SMILES string of the molecule is COc1ccccc1-n1ncc(C(=O)N2CC[C@H](C)[C@@H](OC)C2)c1C. The number of methoxy groups -OCH3 is 2. The van der Waals surface area contributed by atoms with Crippen LogP contribution < -0.4 is 4.74 Å². The average Bonchev–Trinajstić information content (AvgIpc) is 3.02. The van der Waals surface area contributed by atoms with Gasteiger partial charge in [-0.05, 0) is 31.4 Å². The highest BCUT2D eigenvalue weighted by molar-refractivity contribution is 5.95. The largest absolute Gasteiger partial charge is 0.494 e. The topological polar surface area (TPSA) is 56.6 Å². The summed E-state index contributed by atoms with van der Waals surface area (Å²) in [5, 5.41) is 4.42. The Labute approximate surface area is 148 Å². The van der Waals surface area contributed by atoms with Gasteiger partial charge in [0.25, 0.3) is 5.91 Å². The maximum absolute atomic E-state index is 13.0. The molecular formula is C19H25N3O3. The number of ether oxygens (including phenoxy) is 2. The Morgan fingerprint density at radius 1 is 1.28 bits per heavy atom. The molecule has 0 unspecified atom stereocenters. The second kappa shape index (κ2) is 7.27. The summed E-state index contributed by atoms with van der Waals surface area (Å²) in [6.07, 6.45) is 2.68. The Bertz CT molecular complexity index is 756. The molecule has 1 aliphatic rings. The van der Waals surface area contributed by atoms with E-state index in [1.807, 2.05) is 36.1 Å². The average molecular weight is 343 g/mol. The molecule has 0 saturated carbocycles. The Kier molecular flexibility index (Phi) is 5.08. The summed E-state index contributed by atoms with van der Waals surface area (Å²) in [5.74, 6) is 1.19. The third-order valence-corrected chi connectivity index (χ3v) is 5.03. The van der Waals surface area contributed by atoms with Crippen LogP contribution in [0.1, 0.15) is 29.4 Å². The van der Waals surface area contributed by atoms with Crippen molar-refractivity contribution in [3.8, 4) is 11.4 Å². The molecule has 6 heteroatoms. The second-order valence-corrected chi connectivity index (χ2v) is 6.52. The van der Waals surface area contributed by atoms with Crippen molar-refractivity contribution in [3.63, 3.8) is 0 Å². The fourth-order valence-corrected chi connectivity index (χ4v) is 3.36. The molecule has 1 aliphatic heterocycles. The van der Waals surface area contributed by atoms with Gasteiger partial charge >= 0.3 is 0 Å². The summed E-state index contributed by atoms with van der Waals surface area (Å²) in [7, 11) is 3.34. The van der Waals surface area contributed by atoms with E-state index in [9.17, 15) is 4.79 Å². The van der Waals surface area contributed by atoms with Crippen LogP contribution in [0.4, 0.5) is 0 Å². The number of aromatic nitrogens is 2. The van der Waals surface area contributed by atoms with E-state index < -0.39 is 0 Å². The molecule has 3 rings (SSSR count). The van der Waals surface area contributed by atoms with Crippen molar-refractivity contribution in [3.05, 3.63) is 41.7 Å². The highest BCUT2D eigenvalue weighted by Gasteiger charge is 2.30. The normalized spacial score (nSPS) is 20.6. The van der Waals surface area contributed by atoms with Crippen molar-refractivity contribution < 1.29 is 14.3 Å². The first-order chi connectivity index (χ1) is 12.1. The zero-order valence-corrected chi connectivity index (χ0v) is 15.2. The maximum Gasteiger partial charge on any atom is 0.257 e. The molecule has 0 spiro atoms. The lowest BCUT2D eigenvalue weighted by Crippen LogP contribution is -2.46. The summed E-state index contributed by atoms with van der Waals surface area (Å²) in [6.45, 7) is 5.45. The number of hydrogen-bond donors (Lipinski definition) is 0. The molecule has 0 bridgehead atoms. The number of rotatable bonds is 4.